The molecule has 2 N–H and O–H groups in total. The number of carbonyl (C=O) groups excluding carboxylic acids is 2. The lowest BCUT2D eigenvalue weighted by atomic mass is 10.2. The first-order valence-electron chi connectivity index (χ1n) is 5.26. The zero-order valence-electron chi connectivity index (χ0n) is 10.5. The number of nitrogens with one attached hydrogen (secondary N) is 1. The fourth-order valence-electron chi connectivity index (χ4n) is 1.37. The molecule has 104 valence electrons. The van der Waals surface area contributed by atoms with Crippen LogP contribution >= 0.6 is 0 Å². The molecule has 1 aliphatic rings. The van der Waals surface area contributed by atoms with E-state index in [1.165, 1.54) is 23.1 Å². The number of rotatable bonds is 2. The Hall–Kier alpha value is -1.93. The van der Waals surface area contributed by atoms with Crippen molar-refractivity contribution < 1.29 is 22.6 Å². The number of nitrogens with zero attached hydrogens (tertiary/aromatic N) is 1. The number of carbonyl (C=O) groups is 2. The van der Waals surface area contributed by atoms with E-state index < -0.39 is 10.1 Å². The van der Waals surface area contributed by atoms with E-state index in [0.29, 0.717) is 11.3 Å². The van der Waals surface area contributed by atoms with E-state index in [1.54, 1.807) is 14.1 Å². The van der Waals surface area contributed by atoms with Crippen LogP contribution in [0.5, 0.6) is 0 Å². The molecular weight excluding hydrogens is 272 g/mol. The van der Waals surface area contributed by atoms with Gasteiger partial charge in [0.05, 0.1) is 11.3 Å². The van der Waals surface area contributed by atoms with Crippen LogP contribution in [-0.4, -0.2) is 44.3 Å². The van der Waals surface area contributed by atoms with Crippen molar-refractivity contribution in [3.63, 3.8) is 0 Å². The summed E-state index contributed by atoms with van der Waals surface area (Å²) in [5, 5.41) is 2.56. The van der Waals surface area contributed by atoms with Crippen LogP contribution in [0, 0.1) is 0 Å². The van der Waals surface area contributed by atoms with Gasteiger partial charge in [-0.15, -0.1) is 0 Å². The average molecular weight is 286 g/mol. The summed E-state index contributed by atoms with van der Waals surface area (Å²) < 4.78 is 30.3. The highest BCUT2D eigenvalue weighted by molar-refractivity contribution is 7.85. The Morgan fingerprint density at radius 3 is 2.42 bits per heavy atom. The Morgan fingerprint density at radius 1 is 1.37 bits per heavy atom. The molecule has 0 aromatic heterocycles. The summed E-state index contributed by atoms with van der Waals surface area (Å²) in [5.74, 6) is -0.174. The lowest BCUT2D eigenvalue weighted by molar-refractivity contribution is -0.116. The molecule has 1 aromatic rings. The third-order valence-corrected chi connectivity index (χ3v) is 3.06. The van der Waals surface area contributed by atoms with Crippen LogP contribution in [-0.2, 0) is 26.1 Å². The zero-order chi connectivity index (χ0) is 14.6. The number of benzene rings is 1. The van der Waals surface area contributed by atoms with Crippen molar-refractivity contribution in [1.29, 1.82) is 0 Å². The van der Waals surface area contributed by atoms with Gasteiger partial charge in [0.25, 0.3) is 10.1 Å². The second kappa shape index (κ2) is 5.81. The monoisotopic (exact) mass is 286 g/mol. The molecule has 8 heteroatoms. The fourth-order valence-corrected chi connectivity index (χ4v) is 1.90. The maximum atomic E-state index is 10.9. The van der Waals surface area contributed by atoms with Gasteiger partial charge in [0.2, 0.25) is 12.3 Å². The van der Waals surface area contributed by atoms with Crippen molar-refractivity contribution >= 4 is 28.1 Å². The molecule has 0 saturated heterocycles. The van der Waals surface area contributed by atoms with E-state index in [1.807, 2.05) is 0 Å². The summed E-state index contributed by atoms with van der Waals surface area (Å²) in [6.45, 7) is 0. The molecule has 0 bridgehead atoms. The van der Waals surface area contributed by atoms with Crippen LogP contribution in [0.15, 0.2) is 23.1 Å². The standard InChI is InChI=1S/C8H7NO4S.C3H7NO/c10-8-4-5-3-6(14(11,12)13)1-2-7(5)9-8;1-4(2)3-5/h1-3H,4H2,(H,9,10)(H,11,12,13);3H,1-2H3. The highest BCUT2D eigenvalue weighted by Gasteiger charge is 2.20. The smallest absolute Gasteiger partial charge is 0.294 e. The molecule has 0 aliphatic carbocycles. The molecule has 0 fully saturated rings. The normalized spacial score (nSPS) is 12.9. The summed E-state index contributed by atoms with van der Waals surface area (Å²) in [7, 11) is -0.806. The van der Waals surface area contributed by atoms with Gasteiger partial charge in [0, 0.05) is 19.8 Å². The van der Waals surface area contributed by atoms with E-state index in [2.05, 4.69) is 5.32 Å². The minimum absolute atomic E-state index is 0.151. The Labute approximate surface area is 111 Å². The molecule has 0 atom stereocenters. The van der Waals surface area contributed by atoms with E-state index in [-0.39, 0.29) is 17.2 Å². The predicted octanol–water partition coefficient (Wildman–Crippen LogP) is 0.132. The first-order chi connectivity index (χ1) is 8.74. The maximum absolute atomic E-state index is 10.9. The lowest BCUT2D eigenvalue weighted by Gasteiger charge is -2.00. The van der Waals surface area contributed by atoms with E-state index in [0.717, 1.165) is 6.41 Å². The topological polar surface area (TPSA) is 104 Å². The van der Waals surface area contributed by atoms with Crippen LogP contribution in [0.1, 0.15) is 5.56 Å². The number of hydrogen-bond acceptors (Lipinski definition) is 4. The van der Waals surface area contributed by atoms with Crippen LogP contribution in [0.3, 0.4) is 0 Å². The summed E-state index contributed by atoms with van der Waals surface area (Å²) in [4.78, 5) is 21.6. The highest BCUT2D eigenvalue weighted by Crippen LogP contribution is 2.25. The van der Waals surface area contributed by atoms with Gasteiger partial charge in [-0.25, -0.2) is 0 Å². The number of amides is 2. The number of fused-ring (bicyclic) bond motifs is 1. The molecule has 0 saturated carbocycles. The van der Waals surface area contributed by atoms with E-state index >= 15 is 0 Å². The number of anilines is 1. The fraction of sp³-hybridized carbons (Fsp3) is 0.273. The first kappa shape index (κ1) is 15.1. The molecule has 1 heterocycles. The Bertz CT molecular complexity index is 595. The zero-order valence-corrected chi connectivity index (χ0v) is 11.3. The van der Waals surface area contributed by atoms with Gasteiger partial charge in [-0.2, -0.15) is 8.42 Å². The summed E-state index contributed by atoms with van der Waals surface area (Å²) in [6, 6.07) is 4.01. The molecule has 0 unspecified atom stereocenters. The SMILES string of the molecule is CN(C)C=O.O=C1Cc2cc(S(=O)(=O)O)ccc2N1. The lowest BCUT2D eigenvalue weighted by Crippen LogP contribution is -2.06. The second-order valence-corrected chi connectivity index (χ2v) is 5.51. The molecular formula is C11H14N2O5S. The van der Waals surface area contributed by atoms with Gasteiger partial charge in [0.1, 0.15) is 0 Å². The largest absolute Gasteiger partial charge is 0.351 e. The molecule has 1 aliphatic heterocycles. The van der Waals surface area contributed by atoms with Gasteiger partial charge in [-0.3, -0.25) is 14.1 Å². The van der Waals surface area contributed by atoms with Gasteiger partial charge in [-0.1, -0.05) is 0 Å². The van der Waals surface area contributed by atoms with Crippen molar-refractivity contribution in [2.24, 2.45) is 0 Å². The van der Waals surface area contributed by atoms with Gasteiger partial charge >= 0.3 is 0 Å². The van der Waals surface area contributed by atoms with Crippen molar-refractivity contribution in [2.45, 2.75) is 11.3 Å². The van der Waals surface area contributed by atoms with Crippen molar-refractivity contribution in [2.75, 3.05) is 19.4 Å². The quantitative estimate of drug-likeness (QED) is 0.594. The van der Waals surface area contributed by atoms with Gasteiger partial charge in [0.15, 0.2) is 0 Å². The minimum Gasteiger partial charge on any atom is -0.351 e. The van der Waals surface area contributed by atoms with E-state index in [9.17, 15) is 18.0 Å². The van der Waals surface area contributed by atoms with Crippen molar-refractivity contribution in [1.82, 2.24) is 4.90 Å². The first-order valence-corrected chi connectivity index (χ1v) is 6.70. The van der Waals surface area contributed by atoms with Gasteiger partial charge < -0.3 is 10.2 Å². The molecule has 0 spiro atoms. The minimum atomic E-state index is -4.18. The average Bonchev–Trinajstić information content (AvgIpc) is 2.67. The van der Waals surface area contributed by atoms with Crippen molar-refractivity contribution in [3.05, 3.63) is 23.8 Å². The number of hydrogen-bond donors (Lipinski definition) is 2. The van der Waals surface area contributed by atoms with Gasteiger partial charge in [-0.05, 0) is 23.8 Å². The molecule has 0 radical (unpaired) electrons. The molecule has 19 heavy (non-hydrogen) atoms. The highest BCUT2D eigenvalue weighted by atomic mass is 32.2. The molecule has 1 aromatic carbocycles. The third kappa shape index (κ3) is 4.34. The predicted molar refractivity (Wildman–Crippen MR) is 68.3 cm³/mol. The summed E-state index contributed by atoms with van der Waals surface area (Å²) in [5.41, 5.74) is 1.19. The second-order valence-electron chi connectivity index (χ2n) is 4.09. The van der Waals surface area contributed by atoms with Crippen molar-refractivity contribution in [3.8, 4) is 0 Å². The molecule has 2 rings (SSSR count). The van der Waals surface area contributed by atoms with E-state index in [4.69, 9.17) is 4.55 Å². The Balaban J connectivity index is 0.000000312. The van der Waals surface area contributed by atoms with Crippen LogP contribution in [0.25, 0.3) is 0 Å². The Kier molecular flexibility index (Phi) is 4.62. The summed E-state index contributed by atoms with van der Waals surface area (Å²) in [6.07, 6.45) is 0.901. The third-order valence-electron chi connectivity index (χ3n) is 2.21. The Morgan fingerprint density at radius 2 is 1.95 bits per heavy atom. The molecule has 2 amide bonds. The van der Waals surface area contributed by atoms with Crippen LogP contribution in [0.2, 0.25) is 0 Å². The summed E-state index contributed by atoms with van der Waals surface area (Å²) >= 11 is 0. The maximum Gasteiger partial charge on any atom is 0.294 e. The molecule has 7 nitrogen and oxygen atoms in total. The van der Waals surface area contributed by atoms with Crippen LogP contribution < -0.4 is 5.32 Å². The van der Waals surface area contributed by atoms with Crippen LogP contribution in [0.4, 0.5) is 5.69 Å².